The molecule has 2 rings (SSSR count). The van der Waals surface area contributed by atoms with Gasteiger partial charge in [-0.15, -0.1) is 11.8 Å². The normalized spacial score (nSPS) is 14.4. The van der Waals surface area contributed by atoms with E-state index in [-0.39, 0.29) is 5.91 Å². The lowest BCUT2D eigenvalue weighted by molar-refractivity contribution is -0.118. The van der Waals surface area contributed by atoms with E-state index in [2.05, 4.69) is 24.6 Å². The predicted octanol–water partition coefficient (Wildman–Crippen LogP) is 4.15. The number of hydrogen-bond acceptors (Lipinski definition) is 5. The molecule has 136 valence electrons. The number of ether oxygens (including phenoxy) is 1. The molecule has 0 radical (unpaired) electrons. The number of benzene rings is 1. The first-order chi connectivity index (χ1) is 12.0. The Morgan fingerprint density at radius 1 is 1.40 bits per heavy atom. The van der Waals surface area contributed by atoms with E-state index >= 15 is 0 Å². The summed E-state index contributed by atoms with van der Waals surface area (Å²) < 4.78 is 5.67. The van der Waals surface area contributed by atoms with Crippen molar-refractivity contribution >= 4 is 34.3 Å². The molecule has 1 aromatic rings. The molecule has 0 fully saturated rings. The number of allylic oxidation sites excluding steroid dienone is 1. The van der Waals surface area contributed by atoms with E-state index in [9.17, 15) is 4.79 Å². The Balaban J connectivity index is 2.57. The maximum Gasteiger partial charge on any atom is 0.221 e. The fourth-order valence-electron chi connectivity index (χ4n) is 3.00. The maximum atomic E-state index is 11.5. The molecular weight excluding hydrogens is 352 g/mol. The van der Waals surface area contributed by atoms with Crippen molar-refractivity contribution in [2.75, 3.05) is 19.9 Å². The highest BCUT2D eigenvalue weighted by atomic mass is 32.2. The number of amides is 1. The maximum absolute atomic E-state index is 11.5. The number of nitrogens with one attached hydrogen (secondary N) is 1. The number of carbonyl (C=O) groups is 1. The molecule has 0 saturated carbocycles. The highest BCUT2D eigenvalue weighted by molar-refractivity contribution is 8.11. The summed E-state index contributed by atoms with van der Waals surface area (Å²) in [4.78, 5) is 14.0. The van der Waals surface area contributed by atoms with Crippen LogP contribution in [0.25, 0.3) is 4.91 Å². The Bertz CT molecular complexity index is 712. The van der Waals surface area contributed by atoms with Gasteiger partial charge in [0.25, 0.3) is 0 Å². The Morgan fingerprint density at radius 3 is 2.72 bits per heavy atom. The summed E-state index contributed by atoms with van der Waals surface area (Å²) in [5.74, 6) is 0.794. The summed E-state index contributed by atoms with van der Waals surface area (Å²) in [6.45, 7) is 4.07. The van der Waals surface area contributed by atoms with E-state index in [4.69, 9.17) is 10.5 Å². The van der Waals surface area contributed by atoms with Crippen molar-refractivity contribution in [2.24, 2.45) is 5.73 Å². The predicted molar refractivity (Wildman–Crippen MR) is 109 cm³/mol. The summed E-state index contributed by atoms with van der Waals surface area (Å²) >= 11 is 3.34. The van der Waals surface area contributed by atoms with Crippen molar-refractivity contribution in [3.63, 3.8) is 0 Å². The molecule has 0 spiro atoms. The van der Waals surface area contributed by atoms with Gasteiger partial charge in [0.05, 0.1) is 12.1 Å². The van der Waals surface area contributed by atoms with Crippen LogP contribution in [0.15, 0.2) is 33.7 Å². The summed E-state index contributed by atoms with van der Waals surface area (Å²) in [5, 5.41) is 3.67. The summed E-state index contributed by atoms with van der Waals surface area (Å²) in [6.07, 6.45) is 6.98. The molecule has 1 aliphatic carbocycles. The third kappa shape index (κ3) is 4.63. The van der Waals surface area contributed by atoms with Crippen molar-refractivity contribution in [3.05, 3.63) is 39.9 Å². The highest BCUT2D eigenvalue weighted by Crippen LogP contribution is 2.48. The third-order valence-electron chi connectivity index (χ3n) is 4.14. The molecule has 0 aromatic heterocycles. The lowest BCUT2D eigenvalue weighted by atomic mass is 9.90. The average Bonchev–Trinajstić information content (AvgIpc) is 2.60. The monoisotopic (exact) mass is 378 g/mol. The van der Waals surface area contributed by atoms with Gasteiger partial charge in [-0.3, -0.25) is 4.79 Å². The first kappa shape index (κ1) is 19.9. The molecule has 0 atom stereocenters. The van der Waals surface area contributed by atoms with E-state index in [1.807, 2.05) is 12.1 Å². The fourth-order valence-corrected chi connectivity index (χ4v) is 4.97. The number of thioether (sulfide) groups is 2. The van der Waals surface area contributed by atoms with Crippen LogP contribution in [-0.2, 0) is 11.2 Å². The average molecular weight is 379 g/mol. The molecule has 25 heavy (non-hydrogen) atoms. The molecule has 0 heterocycles. The van der Waals surface area contributed by atoms with Gasteiger partial charge in [-0.25, -0.2) is 0 Å². The lowest BCUT2D eigenvalue weighted by Gasteiger charge is -2.27. The van der Waals surface area contributed by atoms with Crippen LogP contribution in [0, 0.1) is 0 Å². The van der Waals surface area contributed by atoms with Gasteiger partial charge >= 0.3 is 0 Å². The second-order valence-corrected chi connectivity index (χ2v) is 7.60. The zero-order valence-corrected chi connectivity index (χ0v) is 16.9. The molecule has 1 aliphatic rings. The molecule has 6 heteroatoms. The molecule has 0 saturated heterocycles. The first-order valence-corrected chi connectivity index (χ1v) is 10.4. The van der Waals surface area contributed by atoms with Crippen LogP contribution >= 0.6 is 23.5 Å². The molecule has 0 bridgehead atoms. The van der Waals surface area contributed by atoms with Crippen LogP contribution < -0.4 is 15.8 Å². The fraction of sp³-hybridized carbons (Fsp3) is 0.421. The molecular formula is C19H26N2O2S2. The van der Waals surface area contributed by atoms with E-state index in [0.717, 1.165) is 35.6 Å². The first-order valence-electron chi connectivity index (χ1n) is 8.37. The SMILES string of the molecule is CCC1=C(S/C(=C/CN)NC(C)=O)c2c(OC)ccc(SC)c2CC1. The number of carbonyl (C=O) groups excluding carboxylic acids is 1. The second kappa shape index (κ2) is 9.36. The van der Waals surface area contributed by atoms with Crippen LogP contribution in [0.4, 0.5) is 0 Å². The van der Waals surface area contributed by atoms with Gasteiger partial charge in [-0.1, -0.05) is 24.3 Å². The molecule has 0 unspecified atom stereocenters. The van der Waals surface area contributed by atoms with Gasteiger partial charge in [0.15, 0.2) is 0 Å². The Morgan fingerprint density at radius 2 is 2.16 bits per heavy atom. The van der Waals surface area contributed by atoms with E-state index in [1.54, 1.807) is 30.6 Å². The zero-order chi connectivity index (χ0) is 18.4. The number of methoxy groups -OCH3 is 1. The zero-order valence-electron chi connectivity index (χ0n) is 15.3. The van der Waals surface area contributed by atoms with Crippen LogP contribution in [0.3, 0.4) is 0 Å². The smallest absolute Gasteiger partial charge is 0.221 e. The van der Waals surface area contributed by atoms with Crippen molar-refractivity contribution in [1.82, 2.24) is 5.32 Å². The van der Waals surface area contributed by atoms with E-state index in [1.165, 1.54) is 27.9 Å². The molecule has 0 aliphatic heterocycles. The number of fused-ring (bicyclic) bond motifs is 1. The third-order valence-corrected chi connectivity index (χ3v) is 6.15. The van der Waals surface area contributed by atoms with Crippen molar-refractivity contribution in [2.45, 2.75) is 38.0 Å². The molecule has 1 amide bonds. The van der Waals surface area contributed by atoms with Gasteiger partial charge in [0.2, 0.25) is 5.91 Å². The van der Waals surface area contributed by atoms with Gasteiger partial charge in [0, 0.05) is 28.8 Å². The molecule has 1 aromatic carbocycles. The summed E-state index contributed by atoms with van der Waals surface area (Å²) in [7, 11) is 1.71. The second-order valence-electron chi connectivity index (χ2n) is 5.70. The van der Waals surface area contributed by atoms with Crippen molar-refractivity contribution in [1.29, 1.82) is 0 Å². The Kier molecular flexibility index (Phi) is 7.47. The van der Waals surface area contributed by atoms with Crippen LogP contribution in [-0.4, -0.2) is 25.8 Å². The van der Waals surface area contributed by atoms with Gasteiger partial charge in [-0.2, -0.15) is 0 Å². The topological polar surface area (TPSA) is 64.3 Å². The standard InChI is InChI=1S/C19H26N2O2S2/c1-5-13-6-7-14-16(24-4)9-8-15(23-3)18(14)19(13)25-17(10-11-20)21-12(2)22/h8-10H,5-7,11,20H2,1-4H3,(H,21,22)/b17-10+. The summed E-state index contributed by atoms with van der Waals surface area (Å²) in [5.41, 5.74) is 9.58. The minimum atomic E-state index is -0.0910. The minimum Gasteiger partial charge on any atom is -0.496 e. The highest BCUT2D eigenvalue weighted by Gasteiger charge is 2.25. The van der Waals surface area contributed by atoms with E-state index < -0.39 is 0 Å². The Hall–Kier alpha value is -1.37. The lowest BCUT2D eigenvalue weighted by Crippen LogP contribution is -2.19. The number of nitrogens with two attached hydrogens (primary N) is 1. The Labute approximate surface area is 158 Å². The summed E-state index contributed by atoms with van der Waals surface area (Å²) in [6, 6.07) is 4.17. The van der Waals surface area contributed by atoms with Gasteiger partial charge in [-0.05, 0) is 49.3 Å². The quantitative estimate of drug-likeness (QED) is 0.698. The van der Waals surface area contributed by atoms with Crippen molar-refractivity contribution in [3.8, 4) is 5.75 Å². The molecule has 4 nitrogen and oxygen atoms in total. The van der Waals surface area contributed by atoms with Crippen LogP contribution in [0.1, 0.15) is 37.8 Å². The molecule has 3 N–H and O–H groups in total. The van der Waals surface area contributed by atoms with E-state index in [0.29, 0.717) is 6.54 Å². The van der Waals surface area contributed by atoms with Crippen LogP contribution in [0.2, 0.25) is 0 Å². The van der Waals surface area contributed by atoms with Crippen LogP contribution in [0.5, 0.6) is 5.75 Å². The number of rotatable bonds is 7. The van der Waals surface area contributed by atoms with Crippen molar-refractivity contribution < 1.29 is 9.53 Å². The van der Waals surface area contributed by atoms with Gasteiger partial charge in [0.1, 0.15) is 5.75 Å². The number of hydrogen-bond donors (Lipinski definition) is 2. The largest absolute Gasteiger partial charge is 0.496 e. The van der Waals surface area contributed by atoms with Gasteiger partial charge < -0.3 is 15.8 Å². The minimum absolute atomic E-state index is 0.0910.